The summed E-state index contributed by atoms with van der Waals surface area (Å²) in [5.74, 6) is -0.478. The van der Waals surface area contributed by atoms with Gasteiger partial charge in [0.25, 0.3) is 0 Å². The molecule has 0 saturated carbocycles. The Hall–Kier alpha value is -2.11. The van der Waals surface area contributed by atoms with Gasteiger partial charge in [-0.15, -0.1) is 0 Å². The number of hydrogen-bond acceptors (Lipinski definition) is 5. The number of carbonyl (C=O) groups is 1. The number of hydrogen-bond donors (Lipinski definition) is 0. The molecule has 0 spiro atoms. The minimum Gasteiger partial charge on any atom is -0.472 e. The third-order valence-electron chi connectivity index (χ3n) is 2.31. The van der Waals surface area contributed by atoms with Gasteiger partial charge in [0, 0.05) is 5.56 Å². The highest BCUT2D eigenvalue weighted by atomic mass is 16.6. The van der Waals surface area contributed by atoms with Crippen LogP contribution in [0, 0.1) is 17.0 Å². The summed E-state index contributed by atoms with van der Waals surface area (Å²) in [5.41, 5.74) is 0.349. The van der Waals surface area contributed by atoms with Crippen molar-refractivity contribution in [2.24, 2.45) is 0 Å². The minimum atomic E-state index is -0.884. The highest BCUT2D eigenvalue weighted by Gasteiger charge is 2.23. The molecule has 0 fully saturated rings. The van der Waals surface area contributed by atoms with Crippen LogP contribution in [0.2, 0.25) is 0 Å². The molecule has 0 aliphatic rings. The number of nitrogens with zero attached hydrogens (tertiary/aromatic N) is 1. The van der Waals surface area contributed by atoms with Crippen LogP contribution in [-0.4, -0.2) is 23.6 Å². The standard InChI is InChI=1S/C12H15NO5/c1-4-17-12(14)9(3)18-10-7-5-6-8(2)11(10)13(15)16/h5-7,9H,4H2,1-3H3. The molecule has 1 rings (SSSR count). The third-order valence-corrected chi connectivity index (χ3v) is 2.31. The van der Waals surface area contributed by atoms with E-state index in [-0.39, 0.29) is 18.0 Å². The predicted octanol–water partition coefficient (Wildman–Crippen LogP) is 2.23. The van der Waals surface area contributed by atoms with Crippen LogP contribution in [-0.2, 0) is 9.53 Å². The first-order chi connectivity index (χ1) is 8.47. The molecule has 6 heteroatoms. The van der Waals surface area contributed by atoms with Gasteiger partial charge in [-0.25, -0.2) is 4.79 Å². The molecule has 0 amide bonds. The zero-order valence-corrected chi connectivity index (χ0v) is 10.5. The van der Waals surface area contributed by atoms with Crippen molar-refractivity contribution in [3.63, 3.8) is 0 Å². The normalized spacial score (nSPS) is 11.7. The summed E-state index contributed by atoms with van der Waals surface area (Å²) in [4.78, 5) is 21.8. The maximum Gasteiger partial charge on any atom is 0.347 e. The van der Waals surface area contributed by atoms with Gasteiger partial charge in [0.05, 0.1) is 11.5 Å². The van der Waals surface area contributed by atoms with Crippen molar-refractivity contribution in [1.82, 2.24) is 0 Å². The summed E-state index contributed by atoms with van der Waals surface area (Å²) in [6, 6.07) is 4.70. The maximum absolute atomic E-state index is 11.4. The lowest BCUT2D eigenvalue weighted by Crippen LogP contribution is -2.26. The Kier molecular flexibility index (Phi) is 4.65. The van der Waals surface area contributed by atoms with Gasteiger partial charge < -0.3 is 9.47 Å². The first-order valence-electron chi connectivity index (χ1n) is 5.54. The van der Waals surface area contributed by atoms with Gasteiger partial charge in [-0.1, -0.05) is 12.1 Å². The van der Waals surface area contributed by atoms with Crippen LogP contribution in [0.4, 0.5) is 5.69 Å². The van der Waals surface area contributed by atoms with Crippen LogP contribution in [0.1, 0.15) is 19.4 Å². The summed E-state index contributed by atoms with van der Waals surface area (Å²) in [5, 5.41) is 10.9. The van der Waals surface area contributed by atoms with Crippen LogP contribution < -0.4 is 4.74 Å². The van der Waals surface area contributed by atoms with Crippen molar-refractivity contribution in [1.29, 1.82) is 0 Å². The van der Waals surface area contributed by atoms with Crippen molar-refractivity contribution in [3.05, 3.63) is 33.9 Å². The molecule has 0 bridgehead atoms. The lowest BCUT2D eigenvalue weighted by atomic mass is 10.2. The van der Waals surface area contributed by atoms with E-state index in [9.17, 15) is 14.9 Å². The van der Waals surface area contributed by atoms with Gasteiger partial charge in [0.1, 0.15) is 0 Å². The Morgan fingerprint density at radius 2 is 2.17 bits per heavy atom. The van der Waals surface area contributed by atoms with E-state index in [2.05, 4.69) is 0 Å². The third kappa shape index (κ3) is 3.19. The second-order valence-electron chi connectivity index (χ2n) is 3.69. The molecular formula is C12H15NO5. The molecule has 0 N–H and O–H groups in total. The molecular weight excluding hydrogens is 238 g/mol. The fourth-order valence-electron chi connectivity index (χ4n) is 1.46. The van der Waals surface area contributed by atoms with E-state index in [0.717, 1.165) is 0 Å². The Labute approximate surface area is 105 Å². The van der Waals surface area contributed by atoms with Crippen LogP contribution in [0.5, 0.6) is 5.75 Å². The van der Waals surface area contributed by atoms with E-state index < -0.39 is 17.0 Å². The number of para-hydroxylation sites is 1. The summed E-state index contributed by atoms with van der Waals surface area (Å²) in [6.45, 7) is 5.02. The Morgan fingerprint density at radius 1 is 1.50 bits per heavy atom. The number of aryl methyl sites for hydroxylation is 1. The number of benzene rings is 1. The maximum atomic E-state index is 11.4. The second kappa shape index (κ2) is 6.00. The largest absolute Gasteiger partial charge is 0.472 e. The van der Waals surface area contributed by atoms with Crippen molar-refractivity contribution in [2.75, 3.05) is 6.61 Å². The molecule has 0 radical (unpaired) electrons. The molecule has 0 heterocycles. The fourth-order valence-corrected chi connectivity index (χ4v) is 1.46. The minimum absolute atomic E-state index is 0.0700. The lowest BCUT2D eigenvalue weighted by molar-refractivity contribution is -0.386. The van der Waals surface area contributed by atoms with Crippen molar-refractivity contribution in [2.45, 2.75) is 26.9 Å². The zero-order chi connectivity index (χ0) is 13.7. The number of rotatable bonds is 5. The van der Waals surface area contributed by atoms with Gasteiger partial charge >= 0.3 is 11.7 Å². The average Bonchev–Trinajstić information content (AvgIpc) is 2.28. The molecule has 1 unspecified atom stereocenters. The van der Waals surface area contributed by atoms with E-state index in [4.69, 9.17) is 9.47 Å². The molecule has 18 heavy (non-hydrogen) atoms. The molecule has 0 aromatic heterocycles. The van der Waals surface area contributed by atoms with Crippen molar-refractivity contribution < 1.29 is 19.2 Å². The number of ether oxygens (including phenoxy) is 2. The number of nitro benzene ring substituents is 1. The van der Waals surface area contributed by atoms with Crippen molar-refractivity contribution in [3.8, 4) is 5.75 Å². The molecule has 1 aromatic rings. The molecule has 0 aliphatic heterocycles. The van der Waals surface area contributed by atoms with Gasteiger partial charge in [0.15, 0.2) is 11.9 Å². The molecule has 6 nitrogen and oxygen atoms in total. The number of nitro groups is 1. The quantitative estimate of drug-likeness (QED) is 0.456. The van der Waals surface area contributed by atoms with Gasteiger partial charge in [-0.3, -0.25) is 10.1 Å². The Morgan fingerprint density at radius 3 is 2.72 bits per heavy atom. The summed E-state index contributed by atoms with van der Waals surface area (Å²) >= 11 is 0. The predicted molar refractivity (Wildman–Crippen MR) is 64.6 cm³/mol. The van der Waals surface area contributed by atoms with Gasteiger partial charge in [-0.2, -0.15) is 0 Å². The van der Waals surface area contributed by atoms with Gasteiger partial charge in [0.2, 0.25) is 0 Å². The Balaban J connectivity index is 2.94. The van der Waals surface area contributed by atoms with Crippen LogP contribution in [0.3, 0.4) is 0 Å². The van der Waals surface area contributed by atoms with E-state index in [1.807, 2.05) is 0 Å². The van der Waals surface area contributed by atoms with E-state index in [0.29, 0.717) is 5.56 Å². The van der Waals surface area contributed by atoms with Crippen LogP contribution in [0.15, 0.2) is 18.2 Å². The smallest absolute Gasteiger partial charge is 0.347 e. The monoisotopic (exact) mass is 253 g/mol. The topological polar surface area (TPSA) is 78.7 Å². The summed E-state index contributed by atoms with van der Waals surface area (Å²) in [6.07, 6.45) is -0.884. The van der Waals surface area contributed by atoms with E-state index in [1.165, 1.54) is 13.0 Å². The van der Waals surface area contributed by atoms with Crippen LogP contribution >= 0.6 is 0 Å². The highest BCUT2D eigenvalue weighted by Crippen LogP contribution is 2.30. The number of esters is 1. The average molecular weight is 253 g/mol. The fraction of sp³-hybridized carbons (Fsp3) is 0.417. The molecule has 1 atom stereocenters. The second-order valence-corrected chi connectivity index (χ2v) is 3.69. The molecule has 0 saturated heterocycles. The first kappa shape index (κ1) is 14.0. The summed E-state index contributed by atoms with van der Waals surface area (Å²) < 4.78 is 10.1. The molecule has 1 aromatic carbocycles. The van der Waals surface area contributed by atoms with E-state index >= 15 is 0 Å². The van der Waals surface area contributed by atoms with E-state index in [1.54, 1.807) is 26.0 Å². The molecule has 98 valence electrons. The van der Waals surface area contributed by atoms with Crippen LogP contribution in [0.25, 0.3) is 0 Å². The summed E-state index contributed by atoms with van der Waals surface area (Å²) in [7, 11) is 0. The highest BCUT2D eigenvalue weighted by molar-refractivity contribution is 5.74. The number of carbonyl (C=O) groups excluding carboxylic acids is 1. The first-order valence-corrected chi connectivity index (χ1v) is 5.54. The van der Waals surface area contributed by atoms with Gasteiger partial charge in [-0.05, 0) is 26.8 Å². The van der Waals surface area contributed by atoms with Crippen molar-refractivity contribution >= 4 is 11.7 Å². The lowest BCUT2D eigenvalue weighted by Gasteiger charge is -2.13. The SMILES string of the molecule is CCOC(=O)C(C)Oc1cccc(C)c1[N+](=O)[O-]. The zero-order valence-electron chi connectivity index (χ0n) is 10.5. The molecule has 0 aliphatic carbocycles. The Bertz CT molecular complexity index is 458.